The number of nitrogens with zero attached hydrogens (tertiary/aromatic N) is 10. The molecule has 280 valence electrons. The standard InChI is InChI=1S/C35H48N16O2/c1-20(2)36-24-16-48(8)29(39-24)31(52)41-25-17-49(9)30(40-25)32(53)42-26-18-51(11)34(43-26)45-27-19-50(10)33(44-27)38-22-13-28(47(7)15-22)37-21-12-23(35(3,4)5)46(6)14-21/h12-20,36-37H,1-11H3,(H,38,44)(H,41,52)(H,42,53)(H,43,45). The van der Waals surface area contributed by atoms with Crippen LogP contribution in [-0.2, 0) is 47.7 Å². The van der Waals surface area contributed by atoms with Gasteiger partial charge < -0.3 is 59.3 Å². The number of aryl methyl sites for hydroxylation is 6. The summed E-state index contributed by atoms with van der Waals surface area (Å²) in [6, 6.07) is 4.36. The van der Waals surface area contributed by atoms with Crippen LogP contribution in [0.4, 0.5) is 52.4 Å². The van der Waals surface area contributed by atoms with Gasteiger partial charge in [-0.25, -0.2) is 9.97 Å². The van der Waals surface area contributed by atoms with E-state index in [4.69, 9.17) is 4.98 Å². The summed E-state index contributed by atoms with van der Waals surface area (Å²) in [5.41, 5.74) is 3.16. The minimum atomic E-state index is -0.499. The molecule has 0 bridgehead atoms. The van der Waals surface area contributed by atoms with Gasteiger partial charge in [-0.3, -0.25) is 9.59 Å². The van der Waals surface area contributed by atoms with Gasteiger partial charge in [-0.2, -0.15) is 9.97 Å². The first kappa shape index (κ1) is 36.3. The van der Waals surface area contributed by atoms with E-state index in [9.17, 15) is 9.59 Å². The van der Waals surface area contributed by atoms with Crippen LogP contribution in [0, 0.1) is 0 Å². The molecule has 6 heterocycles. The van der Waals surface area contributed by atoms with Gasteiger partial charge in [0.1, 0.15) is 11.6 Å². The number of anilines is 9. The second-order valence-electron chi connectivity index (χ2n) is 14.5. The largest absolute Gasteiger partial charge is 0.367 e. The SMILES string of the molecule is CC(C)Nc1cn(C)c(C(=O)Nc2cn(C)c(C(=O)Nc3cn(C)c(Nc4cn(C)c(Nc5cc(Nc6cc(C(C)(C)C)n(C)c6)n(C)c5)n4)n3)n2)n1. The summed E-state index contributed by atoms with van der Waals surface area (Å²) in [6.45, 7) is 10.6. The van der Waals surface area contributed by atoms with Gasteiger partial charge in [0.15, 0.2) is 17.5 Å². The van der Waals surface area contributed by atoms with Crippen molar-refractivity contribution in [3.63, 3.8) is 0 Å². The summed E-state index contributed by atoms with van der Waals surface area (Å²) in [6.07, 6.45) is 10.9. The molecule has 53 heavy (non-hydrogen) atoms. The molecule has 6 aromatic rings. The van der Waals surface area contributed by atoms with Crippen molar-refractivity contribution < 1.29 is 9.59 Å². The summed E-state index contributed by atoms with van der Waals surface area (Å²) in [5, 5.41) is 18.8. The molecule has 0 aromatic carbocycles. The molecule has 0 spiro atoms. The maximum absolute atomic E-state index is 13.2. The van der Waals surface area contributed by atoms with Gasteiger partial charge in [-0.1, -0.05) is 20.8 Å². The second-order valence-corrected chi connectivity index (χ2v) is 14.5. The highest BCUT2D eigenvalue weighted by atomic mass is 16.2. The monoisotopic (exact) mass is 724 g/mol. The van der Waals surface area contributed by atoms with Crippen LogP contribution in [0.15, 0.2) is 49.3 Å². The van der Waals surface area contributed by atoms with E-state index in [2.05, 4.69) is 91.5 Å². The van der Waals surface area contributed by atoms with Crippen LogP contribution < -0.4 is 31.9 Å². The van der Waals surface area contributed by atoms with Gasteiger partial charge in [0.05, 0.1) is 11.4 Å². The van der Waals surface area contributed by atoms with Crippen LogP contribution >= 0.6 is 0 Å². The van der Waals surface area contributed by atoms with Gasteiger partial charge in [0.25, 0.3) is 11.8 Å². The number of carbonyl (C=O) groups excluding carboxylic acids is 2. The van der Waals surface area contributed by atoms with Crippen molar-refractivity contribution in [3.8, 4) is 0 Å². The smallest absolute Gasteiger partial charge is 0.292 e. The molecule has 0 saturated carbocycles. The van der Waals surface area contributed by atoms with Crippen molar-refractivity contribution in [2.75, 3.05) is 31.9 Å². The number of nitrogens with one attached hydrogen (secondary N) is 6. The van der Waals surface area contributed by atoms with Crippen molar-refractivity contribution in [1.29, 1.82) is 0 Å². The molecule has 0 fully saturated rings. The van der Waals surface area contributed by atoms with Crippen LogP contribution in [0.2, 0.25) is 0 Å². The molecular formula is C35H48N16O2. The first-order valence-electron chi connectivity index (χ1n) is 17.1. The fourth-order valence-electron chi connectivity index (χ4n) is 5.94. The molecule has 0 aliphatic heterocycles. The van der Waals surface area contributed by atoms with E-state index in [-0.39, 0.29) is 28.9 Å². The Morgan fingerprint density at radius 2 is 1.06 bits per heavy atom. The average molecular weight is 725 g/mol. The third-order valence-corrected chi connectivity index (χ3v) is 8.38. The maximum Gasteiger partial charge on any atom is 0.292 e. The normalized spacial score (nSPS) is 11.6. The molecule has 6 N–H and O–H groups in total. The number of amides is 2. The van der Waals surface area contributed by atoms with Crippen molar-refractivity contribution in [3.05, 3.63) is 66.7 Å². The zero-order valence-corrected chi connectivity index (χ0v) is 32.0. The summed E-state index contributed by atoms with van der Waals surface area (Å²) >= 11 is 0. The summed E-state index contributed by atoms with van der Waals surface area (Å²) in [4.78, 5) is 44.1. The first-order chi connectivity index (χ1) is 24.9. The van der Waals surface area contributed by atoms with Crippen LogP contribution in [0.5, 0.6) is 0 Å². The van der Waals surface area contributed by atoms with Crippen molar-refractivity contribution in [1.82, 2.24) is 47.3 Å². The minimum absolute atomic E-state index is 0.0352. The molecular weight excluding hydrogens is 676 g/mol. The van der Waals surface area contributed by atoms with Crippen molar-refractivity contribution in [2.45, 2.75) is 46.1 Å². The van der Waals surface area contributed by atoms with Crippen LogP contribution in [0.3, 0.4) is 0 Å². The molecule has 6 rings (SSSR count). The van der Waals surface area contributed by atoms with E-state index in [0.717, 1.165) is 17.2 Å². The summed E-state index contributed by atoms with van der Waals surface area (Å²) in [7, 11) is 11.1. The van der Waals surface area contributed by atoms with Gasteiger partial charge in [0.2, 0.25) is 23.5 Å². The number of hydrogen-bond acceptors (Lipinski definition) is 10. The molecule has 0 unspecified atom stereocenters. The Hall–Kier alpha value is -6.46. The maximum atomic E-state index is 13.2. The van der Waals surface area contributed by atoms with Crippen LogP contribution in [0.25, 0.3) is 0 Å². The average Bonchev–Trinajstić information content (AvgIpc) is 3.89. The lowest BCUT2D eigenvalue weighted by atomic mass is 9.92. The van der Waals surface area contributed by atoms with E-state index in [1.54, 1.807) is 48.9 Å². The summed E-state index contributed by atoms with van der Waals surface area (Å²) in [5.74, 6) is 3.00. The highest BCUT2D eigenvalue weighted by Crippen LogP contribution is 2.30. The Kier molecular flexibility index (Phi) is 9.55. The summed E-state index contributed by atoms with van der Waals surface area (Å²) < 4.78 is 10.9. The van der Waals surface area contributed by atoms with Crippen LogP contribution in [0.1, 0.15) is 61.6 Å². The predicted molar refractivity (Wildman–Crippen MR) is 207 cm³/mol. The molecule has 18 nitrogen and oxygen atoms in total. The Balaban J connectivity index is 1.07. The number of aromatic nitrogens is 10. The fraction of sp³-hybridized carbons (Fsp3) is 0.371. The van der Waals surface area contributed by atoms with Crippen molar-refractivity contribution >= 4 is 64.2 Å². The number of rotatable bonds is 12. The molecule has 0 radical (unpaired) electrons. The highest BCUT2D eigenvalue weighted by Gasteiger charge is 2.21. The fourth-order valence-corrected chi connectivity index (χ4v) is 5.94. The highest BCUT2D eigenvalue weighted by molar-refractivity contribution is 6.04. The zero-order valence-electron chi connectivity index (χ0n) is 32.0. The molecule has 6 aromatic heterocycles. The van der Waals surface area contributed by atoms with Crippen LogP contribution in [-0.4, -0.2) is 65.2 Å². The topological polar surface area (TPSA) is 187 Å². The third-order valence-electron chi connectivity index (χ3n) is 8.38. The lowest BCUT2D eigenvalue weighted by Gasteiger charge is -2.19. The van der Waals surface area contributed by atoms with Gasteiger partial charge in [-0.15, -0.1) is 0 Å². The Morgan fingerprint density at radius 3 is 1.66 bits per heavy atom. The number of imidazole rings is 4. The zero-order chi connectivity index (χ0) is 38.4. The lowest BCUT2D eigenvalue weighted by Crippen LogP contribution is -2.18. The van der Waals surface area contributed by atoms with E-state index in [0.29, 0.717) is 29.4 Å². The Labute approximate surface area is 307 Å². The minimum Gasteiger partial charge on any atom is -0.367 e. The Morgan fingerprint density at radius 1 is 0.566 bits per heavy atom. The molecule has 0 aliphatic rings. The number of carbonyl (C=O) groups is 2. The van der Waals surface area contributed by atoms with E-state index in [1.165, 1.54) is 10.3 Å². The molecule has 2 amide bonds. The van der Waals surface area contributed by atoms with Gasteiger partial charge in [0, 0.05) is 103 Å². The molecule has 18 heteroatoms. The van der Waals surface area contributed by atoms with E-state index < -0.39 is 11.8 Å². The Bertz CT molecular complexity index is 2280. The third kappa shape index (κ3) is 8.05. The first-order valence-corrected chi connectivity index (χ1v) is 17.1. The van der Waals surface area contributed by atoms with E-state index >= 15 is 0 Å². The predicted octanol–water partition coefficient (Wildman–Crippen LogP) is 5.15. The number of hydrogen-bond donors (Lipinski definition) is 6. The molecule has 0 aliphatic carbocycles. The van der Waals surface area contributed by atoms with Gasteiger partial charge >= 0.3 is 0 Å². The molecule has 0 saturated heterocycles. The van der Waals surface area contributed by atoms with Gasteiger partial charge in [-0.05, 0) is 19.9 Å². The quantitative estimate of drug-likeness (QED) is 0.0986. The van der Waals surface area contributed by atoms with E-state index in [1.807, 2.05) is 55.5 Å². The second kappa shape index (κ2) is 13.9. The molecule has 0 atom stereocenters. The lowest BCUT2D eigenvalue weighted by molar-refractivity contribution is 0.0999. The van der Waals surface area contributed by atoms with Crippen molar-refractivity contribution in [2.24, 2.45) is 42.3 Å².